The van der Waals surface area contributed by atoms with E-state index in [1.807, 2.05) is 6.07 Å². The summed E-state index contributed by atoms with van der Waals surface area (Å²) in [5, 5.41) is 5.62. The predicted octanol–water partition coefficient (Wildman–Crippen LogP) is 3.02. The van der Waals surface area contributed by atoms with E-state index < -0.39 is 0 Å². The number of H-pyrrole nitrogens is 1. The van der Waals surface area contributed by atoms with Gasteiger partial charge in [0.25, 0.3) is 11.3 Å². The number of halogens is 1. The van der Waals surface area contributed by atoms with E-state index in [-0.39, 0.29) is 29.5 Å². The fraction of sp³-hybridized carbons (Fsp3) is 0.143. The maximum absolute atomic E-state index is 13.5. The van der Waals surface area contributed by atoms with Gasteiger partial charge >= 0.3 is 0 Å². The molecule has 0 atom stereocenters. The van der Waals surface area contributed by atoms with Gasteiger partial charge in [-0.05, 0) is 49.2 Å². The van der Waals surface area contributed by atoms with Crippen LogP contribution < -0.4 is 10.9 Å². The van der Waals surface area contributed by atoms with Crippen LogP contribution in [0.5, 0.6) is 0 Å². The Kier molecular flexibility index (Phi) is 4.67. The van der Waals surface area contributed by atoms with Crippen molar-refractivity contribution in [3.63, 3.8) is 0 Å². The minimum Gasteiger partial charge on any atom is -0.326 e. The maximum Gasteiger partial charge on any atom is 0.277 e. The van der Waals surface area contributed by atoms with Crippen molar-refractivity contribution in [2.75, 3.05) is 5.32 Å². The zero-order valence-corrected chi connectivity index (χ0v) is 15.9. The monoisotopic (exact) mass is 391 g/mol. The summed E-state index contributed by atoms with van der Waals surface area (Å²) in [7, 11) is 0. The number of amides is 1. The number of carbonyl (C=O) groups is 1. The molecule has 2 aromatic heterocycles. The van der Waals surface area contributed by atoms with Gasteiger partial charge in [0, 0.05) is 16.9 Å². The molecule has 0 bridgehead atoms. The van der Waals surface area contributed by atoms with Gasteiger partial charge in [-0.2, -0.15) is 9.50 Å². The van der Waals surface area contributed by atoms with E-state index in [2.05, 4.69) is 20.4 Å². The molecule has 2 N–H and O–H groups in total. The number of aryl methyl sites for hydroxylation is 1. The molecule has 1 amide bonds. The van der Waals surface area contributed by atoms with Gasteiger partial charge in [0.2, 0.25) is 5.91 Å². The van der Waals surface area contributed by atoms with Crippen LogP contribution in [0.1, 0.15) is 17.1 Å². The fourth-order valence-corrected chi connectivity index (χ4v) is 3.03. The highest BCUT2D eigenvalue weighted by Gasteiger charge is 2.13. The number of rotatable bonds is 4. The van der Waals surface area contributed by atoms with Gasteiger partial charge in [-0.3, -0.25) is 14.7 Å². The van der Waals surface area contributed by atoms with E-state index >= 15 is 0 Å². The third-order valence-electron chi connectivity index (χ3n) is 4.64. The molecule has 0 aliphatic rings. The number of anilines is 1. The van der Waals surface area contributed by atoms with Gasteiger partial charge in [0.15, 0.2) is 0 Å². The largest absolute Gasteiger partial charge is 0.326 e. The molecular formula is C21H18FN5O2. The minimum atomic E-state index is -0.323. The molecule has 0 spiro atoms. The van der Waals surface area contributed by atoms with E-state index in [1.54, 1.807) is 44.2 Å². The zero-order valence-electron chi connectivity index (χ0n) is 15.9. The highest BCUT2D eigenvalue weighted by atomic mass is 19.1. The molecule has 7 nitrogen and oxygen atoms in total. The second-order valence-electron chi connectivity index (χ2n) is 6.75. The van der Waals surface area contributed by atoms with Crippen molar-refractivity contribution in [1.29, 1.82) is 0 Å². The summed E-state index contributed by atoms with van der Waals surface area (Å²) in [6.45, 7) is 3.43. The lowest BCUT2D eigenvalue weighted by Crippen LogP contribution is -2.20. The molecule has 0 radical (unpaired) electrons. The summed E-state index contributed by atoms with van der Waals surface area (Å²) >= 11 is 0. The molecule has 2 heterocycles. The second-order valence-corrected chi connectivity index (χ2v) is 6.75. The first-order chi connectivity index (χ1) is 13.9. The molecule has 8 heteroatoms. The molecule has 0 saturated heterocycles. The van der Waals surface area contributed by atoms with Crippen LogP contribution in [0.15, 0.2) is 53.3 Å². The van der Waals surface area contributed by atoms with E-state index in [0.29, 0.717) is 22.8 Å². The van der Waals surface area contributed by atoms with Gasteiger partial charge in [0.1, 0.15) is 11.6 Å². The third-order valence-corrected chi connectivity index (χ3v) is 4.64. The number of nitrogens with zero attached hydrogens (tertiary/aromatic N) is 3. The lowest BCUT2D eigenvalue weighted by atomic mass is 10.1. The molecule has 0 unspecified atom stereocenters. The van der Waals surface area contributed by atoms with Crippen LogP contribution in [0.2, 0.25) is 0 Å². The molecule has 4 aromatic rings. The average Bonchev–Trinajstić information content (AvgIpc) is 3.08. The van der Waals surface area contributed by atoms with Crippen LogP contribution in [0.3, 0.4) is 0 Å². The average molecular weight is 391 g/mol. The number of nitrogens with one attached hydrogen (secondary N) is 2. The Morgan fingerprint density at radius 2 is 1.83 bits per heavy atom. The van der Waals surface area contributed by atoms with Crippen molar-refractivity contribution >= 4 is 17.4 Å². The van der Waals surface area contributed by atoms with E-state index in [0.717, 1.165) is 11.1 Å². The molecule has 0 saturated carbocycles. The molecule has 0 aliphatic carbocycles. The summed E-state index contributed by atoms with van der Waals surface area (Å²) in [6, 6.07) is 13.4. The smallest absolute Gasteiger partial charge is 0.277 e. The number of hydrogen-bond donors (Lipinski definition) is 2. The third kappa shape index (κ3) is 3.77. The first-order valence-electron chi connectivity index (χ1n) is 9.01. The lowest BCUT2D eigenvalue weighted by Gasteiger charge is -2.07. The van der Waals surface area contributed by atoms with E-state index in [4.69, 9.17) is 0 Å². The summed E-state index contributed by atoms with van der Waals surface area (Å²) in [5.41, 5.74) is 2.97. The SMILES string of the molecule is Cc1nc2nc(CC(=O)Nc3cccc(-c4cccc(F)c4)c3)[nH]n2c(=O)c1C. The molecular weight excluding hydrogens is 373 g/mol. The van der Waals surface area contributed by atoms with Crippen molar-refractivity contribution in [3.8, 4) is 11.1 Å². The van der Waals surface area contributed by atoms with Crippen LogP contribution >= 0.6 is 0 Å². The Bertz CT molecular complexity index is 1290. The Balaban J connectivity index is 1.53. The first kappa shape index (κ1) is 18.5. The summed E-state index contributed by atoms with van der Waals surface area (Å²) < 4.78 is 14.7. The highest BCUT2D eigenvalue weighted by Crippen LogP contribution is 2.23. The zero-order chi connectivity index (χ0) is 20.5. The molecule has 2 aromatic carbocycles. The highest BCUT2D eigenvalue weighted by molar-refractivity contribution is 5.92. The van der Waals surface area contributed by atoms with Crippen LogP contribution in [-0.2, 0) is 11.2 Å². The van der Waals surface area contributed by atoms with Crippen LogP contribution in [0.4, 0.5) is 10.1 Å². The summed E-state index contributed by atoms with van der Waals surface area (Å²) in [5.74, 6) is -0.0644. The Hall–Kier alpha value is -3.81. The van der Waals surface area contributed by atoms with E-state index in [1.165, 1.54) is 16.6 Å². The summed E-state index contributed by atoms with van der Waals surface area (Å²) in [4.78, 5) is 33.2. The Morgan fingerprint density at radius 3 is 2.59 bits per heavy atom. The molecule has 4 rings (SSSR count). The van der Waals surface area contributed by atoms with E-state index in [9.17, 15) is 14.0 Å². The number of aromatic amines is 1. The fourth-order valence-electron chi connectivity index (χ4n) is 3.03. The quantitative estimate of drug-likeness (QED) is 0.559. The van der Waals surface area contributed by atoms with Gasteiger partial charge in [-0.15, -0.1) is 0 Å². The van der Waals surface area contributed by atoms with Crippen molar-refractivity contribution in [3.05, 3.63) is 81.8 Å². The van der Waals surface area contributed by atoms with Gasteiger partial charge < -0.3 is 5.32 Å². The topological polar surface area (TPSA) is 92.2 Å². The molecule has 146 valence electrons. The van der Waals surface area contributed by atoms with Crippen LogP contribution in [0.25, 0.3) is 16.9 Å². The Labute approximate surface area is 165 Å². The van der Waals surface area contributed by atoms with Crippen molar-refractivity contribution in [2.45, 2.75) is 20.3 Å². The van der Waals surface area contributed by atoms with Crippen LogP contribution in [0, 0.1) is 19.7 Å². The summed E-state index contributed by atoms with van der Waals surface area (Å²) in [6.07, 6.45) is -0.0505. The normalized spacial score (nSPS) is 11.0. The molecule has 0 aliphatic heterocycles. The van der Waals surface area contributed by atoms with Crippen molar-refractivity contribution < 1.29 is 9.18 Å². The minimum absolute atomic E-state index is 0.0505. The van der Waals surface area contributed by atoms with Gasteiger partial charge in [0.05, 0.1) is 6.42 Å². The Morgan fingerprint density at radius 1 is 1.10 bits per heavy atom. The molecule has 29 heavy (non-hydrogen) atoms. The van der Waals surface area contributed by atoms with Gasteiger partial charge in [-0.1, -0.05) is 24.3 Å². The van der Waals surface area contributed by atoms with Crippen molar-refractivity contribution in [2.24, 2.45) is 0 Å². The number of fused-ring (bicyclic) bond motifs is 1. The first-order valence-corrected chi connectivity index (χ1v) is 9.01. The molecule has 0 fully saturated rings. The standard InChI is InChI=1S/C21H18FN5O2/c1-12-13(2)23-21-25-18(26-27(21)20(12)29)11-19(28)24-17-8-4-6-15(10-17)14-5-3-7-16(22)9-14/h3-10H,11H2,1-2H3,(H,24,28)(H,23,25,26). The maximum atomic E-state index is 13.5. The second kappa shape index (κ2) is 7.31. The lowest BCUT2D eigenvalue weighted by molar-refractivity contribution is -0.115. The van der Waals surface area contributed by atoms with Gasteiger partial charge in [-0.25, -0.2) is 9.37 Å². The van der Waals surface area contributed by atoms with Crippen molar-refractivity contribution in [1.82, 2.24) is 19.6 Å². The van der Waals surface area contributed by atoms with Crippen LogP contribution in [-0.4, -0.2) is 25.5 Å². The predicted molar refractivity (Wildman–Crippen MR) is 107 cm³/mol. The number of hydrogen-bond acceptors (Lipinski definition) is 4. The number of aromatic nitrogens is 4. The number of benzene rings is 2. The number of carbonyl (C=O) groups excluding carboxylic acids is 1.